The molecule has 1 aliphatic carbocycles. The number of halogens is 1. The van der Waals surface area contributed by atoms with Gasteiger partial charge in [-0.3, -0.25) is 0 Å². The zero-order chi connectivity index (χ0) is 14.8. The highest BCUT2D eigenvalue weighted by Crippen LogP contribution is 2.38. The Labute approximate surface area is 131 Å². The molecule has 1 aromatic heterocycles. The second kappa shape index (κ2) is 7.56. The lowest BCUT2D eigenvalue weighted by Crippen LogP contribution is -2.36. The van der Waals surface area contributed by atoms with Crippen molar-refractivity contribution >= 4 is 12.4 Å². The first-order valence-electron chi connectivity index (χ1n) is 6.95. The van der Waals surface area contributed by atoms with Crippen LogP contribution < -0.4 is 5.32 Å². The molecule has 1 fully saturated rings. The number of ether oxygens (including phenoxy) is 1. The topological polar surface area (TPSA) is 87.8 Å². The van der Waals surface area contributed by atoms with E-state index in [-0.39, 0.29) is 17.8 Å². The summed E-state index contributed by atoms with van der Waals surface area (Å²) in [5.74, 6) is 0.822. The van der Waals surface area contributed by atoms with Gasteiger partial charge in [0.15, 0.2) is 0 Å². The van der Waals surface area contributed by atoms with E-state index in [0.29, 0.717) is 32.5 Å². The van der Waals surface area contributed by atoms with Gasteiger partial charge in [0.2, 0.25) is 0 Å². The van der Waals surface area contributed by atoms with Gasteiger partial charge in [0, 0.05) is 31.2 Å². The average molecular weight is 321 g/mol. The molecule has 1 saturated carbocycles. The van der Waals surface area contributed by atoms with Gasteiger partial charge in [0.05, 0.1) is 24.5 Å². The van der Waals surface area contributed by atoms with Gasteiger partial charge in [-0.05, 0) is 26.7 Å². The van der Waals surface area contributed by atoms with Crippen LogP contribution in [-0.4, -0.2) is 47.8 Å². The zero-order valence-corrected chi connectivity index (χ0v) is 13.6. The molecule has 2 rings (SSSR count). The van der Waals surface area contributed by atoms with Crippen LogP contribution in [0.2, 0.25) is 0 Å². The number of nitrogens with zero attached hydrogens (tertiary/aromatic N) is 1. The fraction of sp³-hybridized carbons (Fsp3) is 0.786. The van der Waals surface area contributed by atoms with E-state index >= 15 is 0 Å². The fourth-order valence-electron chi connectivity index (χ4n) is 3.07. The summed E-state index contributed by atoms with van der Waals surface area (Å²) in [6, 6.07) is 0. The van der Waals surface area contributed by atoms with Gasteiger partial charge < -0.3 is 24.8 Å². The predicted octanol–water partition coefficient (Wildman–Crippen LogP) is 0.951. The first-order chi connectivity index (χ1) is 9.47. The quantitative estimate of drug-likeness (QED) is 0.723. The van der Waals surface area contributed by atoms with Gasteiger partial charge in [-0.15, -0.1) is 12.4 Å². The second-order valence-corrected chi connectivity index (χ2v) is 5.88. The maximum Gasteiger partial charge on any atom is 0.138 e. The third-order valence-electron chi connectivity index (χ3n) is 4.16. The average Bonchev–Trinajstić information content (AvgIpc) is 2.84. The lowest BCUT2D eigenvalue weighted by atomic mass is 9.86. The number of hydrogen-bond donors (Lipinski definition) is 3. The molecule has 1 aliphatic rings. The normalized spacial score (nSPS) is 28.6. The number of rotatable bonds is 6. The number of methoxy groups -OCH3 is 1. The van der Waals surface area contributed by atoms with E-state index in [1.54, 1.807) is 7.11 Å². The van der Waals surface area contributed by atoms with Crippen LogP contribution in [0.25, 0.3) is 0 Å². The Bertz CT molecular complexity index is 423. The molecule has 0 spiro atoms. The number of nitrogens with one attached hydrogen (secondary N) is 1. The molecule has 0 amide bonds. The molecule has 0 aliphatic heterocycles. The van der Waals surface area contributed by atoms with Crippen LogP contribution in [0.3, 0.4) is 0 Å². The molecule has 0 saturated heterocycles. The third kappa shape index (κ3) is 4.17. The predicted molar refractivity (Wildman–Crippen MR) is 80.5 cm³/mol. The standard InChI is InChI=1S/C14H24N2O4.ClH/c1-9-11(10(2)20-16-9)6-15-7-14(8-19-3)4-12(17)13(18)5-14;/h12-13,15,17-18H,4-8H2,1-3H3;1H/t12-,13+,14?;. The Kier molecular flexibility index (Phi) is 6.62. The molecular weight excluding hydrogens is 296 g/mol. The van der Waals surface area contributed by atoms with Gasteiger partial charge in [0.1, 0.15) is 5.76 Å². The number of aliphatic hydroxyl groups is 2. The molecule has 0 radical (unpaired) electrons. The van der Waals surface area contributed by atoms with E-state index in [4.69, 9.17) is 9.26 Å². The summed E-state index contributed by atoms with van der Waals surface area (Å²) in [5.41, 5.74) is 1.74. The summed E-state index contributed by atoms with van der Waals surface area (Å²) in [4.78, 5) is 0. The lowest BCUT2D eigenvalue weighted by Gasteiger charge is -2.28. The van der Waals surface area contributed by atoms with Crippen molar-refractivity contribution in [1.29, 1.82) is 0 Å². The van der Waals surface area contributed by atoms with Gasteiger partial charge in [0.25, 0.3) is 0 Å². The van der Waals surface area contributed by atoms with Gasteiger partial charge in [-0.1, -0.05) is 5.16 Å². The zero-order valence-electron chi connectivity index (χ0n) is 12.8. The highest BCUT2D eigenvalue weighted by atomic mass is 35.5. The summed E-state index contributed by atoms with van der Waals surface area (Å²) in [5, 5.41) is 26.8. The molecule has 3 N–H and O–H groups in total. The Morgan fingerprint density at radius 1 is 1.33 bits per heavy atom. The Hall–Kier alpha value is -0.660. The molecule has 3 atom stereocenters. The van der Waals surface area contributed by atoms with Crippen LogP contribution in [0.15, 0.2) is 4.52 Å². The van der Waals surface area contributed by atoms with E-state index in [9.17, 15) is 10.2 Å². The third-order valence-corrected chi connectivity index (χ3v) is 4.16. The van der Waals surface area contributed by atoms with Crippen molar-refractivity contribution in [2.75, 3.05) is 20.3 Å². The Morgan fingerprint density at radius 2 is 1.95 bits per heavy atom. The molecule has 1 aromatic rings. The molecule has 122 valence electrons. The van der Waals surface area contributed by atoms with Crippen LogP contribution in [-0.2, 0) is 11.3 Å². The second-order valence-electron chi connectivity index (χ2n) is 5.88. The van der Waals surface area contributed by atoms with Gasteiger partial charge in [-0.2, -0.15) is 0 Å². The molecule has 7 heteroatoms. The maximum absolute atomic E-state index is 9.77. The van der Waals surface area contributed by atoms with Crippen molar-refractivity contribution < 1.29 is 19.5 Å². The summed E-state index contributed by atoms with van der Waals surface area (Å²) < 4.78 is 10.4. The van der Waals surface area contributed by atoms with E-state index in [1.165, 1.54) is 0 Å². The minimum Gasteiger partial charge on any atom is -0.390 e. The van der Waals surface area contributed by atoms with E-state index in [2.05, 4.69) is 10.5 Å². The van der Waals surface area contributed by atoms with Crippen molar-refractivity contribution in [2.45, 2.75) is 45.4 Å². The van der Waals surface area contributed by atoms with Gasteiger partial charge >= 0.3 is 0 Å². The fourth-order valence-corrected chi connectivity index (χ4v) is 3.07. The lowest BCUT2D eigenvalue weighted by molar-refractivity contribution is 0.0438. The first-order valence-corrected chi connectivity index (χ1v) is 6.95. The van der Waals surface area contributed by atoms with Crippen molar-refractivity contribution in [1.82, 2.24) is 10.5 Å². The number of aliphatic hydroxyl groups excluding tert-OH is 2. The SMILES string of the molecule is COCC1(CNCc2c(C)noc2C)C[C@@H](O)[C@@H](O)C1.Cl. The summed E-state index contributed by atoms with van der Waals surface area (Å²) in [6.45, 7) is 5.68. The maximum atomic E-state index is 9.77. The van der Waals surface area contributed by atoms with Crippen LogP contribution in [0.1, 0.15) is 29.9 Å². The van der Waals surface area contributed by atoms with Crippen molar-refractivity contribution in [2.24, 2.45) is 5.41 Å². The summed E-state index contributed by atoms with van der Waals surface area (Å²) in [7, 11) is 1.65. The van der Waals surface area contributed by atoms with Crippen molar-refractivity contribution in [3.63, 3.8) is 0 Å². The van der Waals surface area contributed by atoms with Crippen LogP contribution in [0, 0.1) is 19.3 Å². The molecule has 6 nitrogen and oxygen atoms in total. The van der Waals surface area contributed by atoms with Crippen LogP contribution >= 0.6 is 12.4 Å². The van der Waals surface area contributed by atoms with Crippen molar-refractivity contribution in [3.8, 4) is 0 Å². The molecule has 1 heterocycles. The molecule has 21 heavy (non-hydrogen) atoms. The van der Waals surface area contributed by atoms with Gasteiger partial charge in [-0.25, -0.2) is 0 Å². The molecule has 1 unspecified atom stereocenters. The van der Waals surface area contributed by atoms with E-state index < -0.39 is 12.2 Å². The minimum absolute atomic E-state index is 0. The molecular formula is C14H25ClN2O4. The summed E-state index contributed by atoms with van der Waals surface area (Å²) in [6.07, 6.45) is -0.218. The monoisotopic (exact) mass is 320 g/mol. The minimum atomic E-state index is -0.661. The Morgan fingerprint density at radius 3 is 2.43 bits per heavy atom. The highest BCUT2D eigenvalue weighted by Gasteiger charge is 2.43. The van der Waals surface area contributed by atoms with E-state index in [0.717, 1.165) is 17.0 Å². The Balaban J connectivity index is 0.00000220. The number of aryl methyl sites for hydroxylation is 2. The summed E-state index contributed by atoms with van der Waals surface area (Å²) >= 11 is 0. The van der Waals surface area contributed by atoms with Crippen LogP contribution in [0.5, 0.6) is 0 Å². The highest BCUT2D eigenvalue weighted by molar-refractivity contribution is 5.85. The smallest absolute Gasteiger partial charge is 0.138 e. The van der Waals surface area contributed by atoms with Crippen LogP contribution in [0.4, 0.5) is 0 Å². The number of hydrogen-bond acceptors (Lipinski definition) is 6. The largest absolute Gasteiger partial charge is 0.390 e. The molecule has 0 bridgehead atoms. The van der Waals surface area contributed by atoms with E-state index in [1.807, 2.05) is 13.8 Å². The number of aromatic nitrogens is 1. The van der Waals surface area contributed by atoms with Crippen molar-refractivity contribution in [3.05, 3.63) is 17.0 Å². The first kappa shape index (κ1) is 18.4. The molecule has 0 aromatic carbocycles.